The van der Waals surface area contributed by atoms with Gasteiger partial charge in [0.05, 0.1) is 11.3 Å². The highest BCUT2D eigenvalue weighted by atomic mass is 32.2. The van der Waals surface area contributed by atoms with E-state index in [9.17, 15) is 9.18 Å². The van der Waals surface area contributed by atoms with Crippen molar-refractivity contribution in [1.82, 2.24) is 20.2 Å². The maximum Gasteiger partial charge on any atom is 0.230 e. The molecule has 0 saturated carbocycles. The number of thioether (sulfide) groups is 1. The molecule has 1 amide bonds. The Labute approximate surface area is 152 Å². The van der Waals surface area contributed by atoms with Crippen LogP contribution in [0.1, 0.15) is 4.88 Å². The third-order valence-corrected chi connectivity index (χ3v) is 5.26. The number of nitrogen functional groups attached to an aromatic ring is 1. The van der Waals surface area contributed by atoms with Gasteiger partial charge in [0.25, 0.3) is 0 Å². The molecule has 0 saturated heterocycles. The average Bonchev–Trinajstić information content (AvgIpc) is 3.24. The predicted molar refractivity (Wildman–Crippen MR) is 97.3 cm³/mol. The maximum atomic E-state index is 13.8. The number of hydrogen-bond donors (Lipinski definition) is 2. The van der Waals surface area contributed by atoms with Crippen LogP contribution in [0.15, 0.2) is 46.9 Å². The van der Waals surface area contributed by atoms with Crippen LogP contribution in [0.2, 0.25) is 0 Å². The van der Waals surface area contributed by atoms with Gasteiger partial charge in [-0.2, -0.15) is 0 Å². The highest BCUT2D eigenvalue weighted by molar-refractivity contribution is 7.99. The first kappa shape index (κ1) is 17.4. The summed E-state index contributed by atoms with van der Waals surface area (Å²) in [6, 6.07) is 10.2. The Hall–Kier alpha value is -2.39. The lowest BCUT2D eigenvalue weighted by Gasteiger charge is -2.05. The topological polar surface area (TPSA) is 85.8 Å². The number of carbonyl (C=O) groups is 1. The normalized spacial score (nSPS) is 10.8. The van der Waals surface area contributed by atoms with Crippen molar-refractivity contribution in [3.8, 4) is 11.4 Å². The number of thiophene rings is 1. The number of halogens is 1. The van der Waals surface area contributed by atoms with E-state index in [4.69, 9.17) is 5.84 Å². The first-order chi connectivity index (χ1) is 12.1. The number of nitrogens with one attached hydrogen (secondary N) is 1. The Kier molecular flexibility index (Phi) is 5.67. The van der Waals surface area contributed by atoms with Crippen LogP contribution in [0.4, 0.5) is 4.39 Å². The molecule has 0 atom stereocenters. The number of carbonyl (C=O) groups excluding carboxylic acids is 1. The Bertz CT molecular complexity index is 850. The fourth-order valence-electron chi connectivity index (χ4n) is 2.16. The smallest absolute Gasteiger partial charge is 0.230 e. The number of benzene rings is 1. The third-order valence-electron chi connectivity index (χ3n) is 3.39. The van der Waals surface area contributed by atoms with Gasteiger partial charge >= 0.3 is 0 Å². The Balaban J connectivity index is 1.53. The van der Waals surface area contributed by atoms with E-state index >= 15 is 0 Å². The summed E-state index contributed by atoms with van der Waals surface area (Å²) in [5, 5.41) is 13.1. The van der Waals surface area contributed by atoms with Gasteiger partial charge in [0.2, 0.25) is 11.1 Å². The number of aromatic nitrogens is 3. The van der Waals surface area contributed by atoms with Gasteiger partial charge in [-0.25, -0.2) is 9.07 Å². The lowest BCUT2D eigenvalue weighted by molar-refractivity contribution is -0.118. The van der Waals surface area contributed by atoms with Gasteiger partial charge in [0.1, 0.15) is 5.82 Å². The van der Waals surface area contributed by atoms with Gasteiger partial charge in [0.15, 0.2) is 5.82 Å². The van der Waals surface area contributed by atoms with E-state index in [1.165, 1.54) is 15.6 Å². The van der Waals surface area contributed by atoms with Gasteiger partial charge in [-0.05, 0) is 30.0 Å². The van der Waals surface area contributed by atoms with E-state index in [1.54, 1.807) is 29.5 Å². The van der Waals surface area contributed by atoms with Crippen molar-refractivity contribution >= 4 is 29.0 Å². The van der Waals surface area contributed by atoms with E-state index in [2.05, 4.69) is 15.5 Å². The number of nitrogens with zero attached hydrogens (tertiary/aromatic N) is 3. The van der Waals surface area contributed by atoms with Crippen LogP contribution in [0, 0.1) is 5.82 Å². The summed E-state index contributed by atoms with van der Waals surface area (Å²) in [5.41, 5.74) is 0.268. The summed E-state index contributed by atoms with van der Waals surface area (Å²) < 4.78 is 15.0. The van der Waals surface area contributed by atoms with Crippen molar-refractivity contribution in [3.63, 3.8) is 0 Å². The second-order valence-corrected chi connectivity index (χ2v) is 7.10. The van der Waals surface area contributed by atoms with Crippen LogP contribution in [0.5, 0.6) is 0 Å². The molecule has 0 aliphatic heterocycles. The van der Waals surface area contributed by atoms with Gasteiger partial charge < -0.3 is 11.2 Å². The summed E-state index contributed by atoms with van der Waals surface area (Å²) >= 11 is 2.82. The summed E-state index contributed by atoms with van der Waals surface area (Å²) in [6.45, 7) is 0.579. The van der Waals surface area contributed by atoms with Gasteiger partial charge in [-0.1, -0.05) is 30.0 Å². The zero-order valence-electron chi connectivity index (χ0n) is 13.2. The molecule has 3 aromatic rings. The molecule has 0 unspecified atom stereocenters. The molecular weight excluding hydrogens is 361 g/mol. The SMILES string of the molecule is Nn1c(SCC(=O)NCCc2cccs2)nnc1-c1ccccc1F. The molecular formula is C16H16FN5OS2. The zero-order valence-corrected chi connectivity index (χ0v) is 14.8. The molecule has 1 aromatic carbocycles. The molecule has 2 heterocycles. The first-order valence-corrected chi connectivity index (χ1v) is 9.39. The van der Waals surface area contributed by atoms with Gasteiger partial charge in [-0.15, -0.1) is 21.5 Å². The van der Waals surface area contributed by atoms with E-state index in [-0.39, 0.29) is 23.0 Å². The lowest BCUT2D eigenvalue weighted by Crippen LogP contribution is -2.27. The standard InChI is InChI=1S/C16H16FN5OS2/c17-13-6-2-1-5-12(13)15-20-21-16(22(15)18)25-10-14(23)19-8-7-11-4-3-9-24-11/h1-6,9H,7-8,10,18H2,(H,19,23). The summed E-state index contributed by atoms with van der Waals surface area (Å²) in [6.07, 6.45) is 0.804. The summed E-state index contributed by atoms with van der Waals surface area (Å²) in [7, 11) is 0. The third kappa shape index (κ3) is 4.37. The van der Waals surface area contributed by atoms with Crippen molar-refractivity contribution in [2.24, 2.45) is 0 Å². The van der Waals surface area contributed by atoms with E-state index in [0.717, 1.165) is 18.2 Å². The molecule has 0 radical (unpaired) electrons. The summed E-state index contributed by atoms with van der Waals surface area (Å²) in [5.74, 6) is 5.77. The fourth-order valence-corrected chi connectivity index (χ4v) is 3.56. The molecule has 0 spiro atoms. The molecule has 130 valence electrons. The minimum Gasteiger partial charge on any atom is -0.355 e. The highest BCUT2D eigenvalue weighted by Gasteiger charge is 2.16. The maximum absolute atomic E-state index is 13.8. The van der Waals surface area contributed by atoms with Crippen LogP contribution in [0.3, 0.4) is 0 Å². The van der Waals surface area contributed by atoms with Crippen molar-refractivity contribution in [2.45, 2.75) is 11.6 Å². The Morgan fingerprint density at radius 3 is 2.88 bits per heavy atom. The van der Waals surface area contributed by atoms with Crippen molar-refractivity contribution in [2.75, 3.05) is 18.1 Å². The second-order valence-electron chi connectivity index (χ2n) is 5.12. The minimum absolute atomic E-state index is 0.114. The number of hydrogen-bond acceptors (Lipinski definition) is 6. The zero-order chi connectivity index (χ0) is 17.6. The molecule has 0 bridgehead atoms. The van der Waals surface area contributed by atoms with Gasteiger partial charge in [0, 0.05) is 11.4 Å². The highest BCUT2D eigenvalue weighted by Crippen LogP contribution is 2.23. The molecule has 2 aromatic heterocycles. The molecule has 0 fully saturated rings. The molecule has 3 rings (SSSR count). The van der Waals surface area contributed by atoms with Crippen molar-refractivity contribution < 1.29 is 9.18 Å². The van der Waals surface area contributed by atoms with Crippen LogP contribution in [0.25, 0.3) is 11.4 Å². The molecule has 0 aliphatic carbocycles. The van der Waals surface area contributed by atoms with Crippen LogP contribution >= 0.6 is 23.1 Å². The van der Waals surface area contributed by atoms with E-state index in [1.807, 2.05) is 17.5 Å². The van der Waals surface area contributed by atoms with Crippen molar-refractivity contribution in [1.29, 1.82) is 0 Å². The molecule has 25 heavy (non-hydrogen) atoms. The first-order valence-electron chi connectivity index (χ1n) is 7.52. The lowest BCUT2D eigenvalue weighted by atomic mass is 10.2. The predicted octanol–water partition coefficient (Wildman–Crippen LogP) is 2.31. The van der Waals surface area contributed by atoms with Crippen LogP contribution in [-0.4, -0.2) is 33.1 Å². The quantitative estimate of drug-likeness (QED) is 0.487. The number of amides is 1. The fraction of sp³-hybridized carbons (Fsp3) is 0.188. The Morgan fingerprint density at radius 1 is 1.28 bits per heavy atom. The molecule has 9 heteroatoms. The second kappa shape index (κ2) is 8.13. The molecule has 6 nitrogen and oxygen atoms in total. The monoisotopic (exact) mass is 377 g/mol. The van der Waals surface area contributed by atoms with E-state index in [0.29, 0.717) is 11.7 Å². The summed E-state index contributed by atoms with van der Waals surface area (Å²) in [4.78, 5) is 13.1. The van der Waals surface area contributed by atoms with E-state index < -0.39 is 5.82 Å². The molecule has 3 N–H and O–H groups in total. The minimum atomic E-state index is -0.426. The van der Waals surface area contributed by atoms with Crippen LogP contribution in [-0.2, 0) is 11.2 Å². The Morgan fingerprint density at radius 2 is 2.12 bits per heavy atom. The van der Waals surface area contributed by atoms with Crippen LogP contribution < -0.4 is 11.2 Å². The molecule has 0 aliphatic rings. The number of nitrogens with two attached hydrogens (primary N) is 1. The largest absolute Gasteiger partial charge is 0.355 e. The van der Waals surface area contributed by atoms with Crippen molar-refractivity contribution in [3.05, 3.63) is 52.5 Å². The number of rotatable bonds is 7. The van der Waals surface area contributed by atoms with Gasteiger partial charge in [-0.3, -0.25) is 4.79 Å². The average molecular weight is 377 g/mol.